The fourth-order valence-corrected chi connectivity index (χ4v) is 2.79. The van der Waals surface area contributed by atoms with Crippen LogP contribution in [0.2, 0.25) is 0 Å². The summed E-state index contributed by atoms with van der Waals surface area (Å²) in [4.78, 5) is 23.0. The Morgan fingerprint density at radius 2 is 1.48 bits per heavy atom. The van der Waals surface area contributed by atoms with E-state index in [0.29, 0.717) is 6.42 Å². The van der Waals surface area contributed by atoms with Crippen molar-refractivity contribution in [2.75, 3.05) is 0 Å². The lowest BCUT2D eigenvalue weighted by atomic mass is 10.1. The maximum Gasteiger partial charge on any atom is 0.339 e. The van der Waals surface area contributed by atoms with Gasteiger partial charge in [-0.05, 0) is 50.7 Å². The largest absolute Gasteiger partial charge is 0.478 e. The van der Waals surface area contributed by atoms with Crippen LogP contribution in [0.1, 0.15) is 81.5 Å². The van der Waals surface area contributed by atoms with E-state index in [-0.39, 0.29) is 17.3 Å². The van der Waals surface area contributed by atoms with Gasteiger partial charge in [0, 0.05) is 6.42 Å². The molecule has 0 unspecified atom stereocenters. The Balaban J connectivity index is 2.03. The summed E-state index contributed by atoms with van der Waals surface area (Å²) in [6, 6.07) is 6.21. The minimum atomic E-state index is -1.09. The van der Waals surface area contributed by atoms with Crippen LogP contribution in [0.25, 0.3) is 0 Å². The highest BCUT2D eigenvalue weighted by Crippen LogP contribution is 2.19. The number of carboxylic acid groups (broad SMARTS) is 1. The number of unbranched alkanes of at least 4 members (excludes halogenated alkanes) is 5. The lowest BCUT2D eigenvalue weighted by molar-refractivity contribution is -0.134. The second-order valence-electron chi connectivity index (χ2n) is 6.88. The lowest BCUT2D eigenvalue weighted by Crippen LogP contribution is -2.10. The molecule has 0 radical (unpaired) electrons. The molecule has 0 saturated heterocycles. The van der Waals surface area contributed by atoms with Crippen molar-refractivity contribution in [3.63, 3.8) is 0 Å². The summed E-state index contributed by atoms with van der Waals surface area (Å²) in [7, 11) is 0. The quantitative estimate of drug-likeness (QED) is 0.151. The van der Waals surface area contributed by atoms with Gasteiger partial charge in [-0.15, -0.1) is 0 Å². The predicted octanol–water partition coefficient (Wildman–Crippen LogP) is 6.88. The average molecular weight is 399 g/mol. The highest BCUT2D eigenvalue weighted by Gasteiger charge is 2.13. The molecular weight excluding hydrogens is 364 g/mol. The summed E-state index contributed by atoms with van der Waals surface area (Å²) in [5.74, 6) is -1.36. The Labute approximate surface area is 175 Å². The molecule has 1 aromatic rings. The highest BCUT2D eigenvalue weighted by molar-refractivity contribution is 5.91. The number of carbonyl (C=O) groups excluding carboxylic acids is 1. The predicted molar refractivity (Wildman–Crippen MR) is 118 cm³/mol. The number of allylic oxidation sites excluding steroid dienone is 6. The molecule has 29 heavy (non-hydrogen) atoms. The molecule has 0 aliphatic rings. The number of hydrogen-bond acceptors (Lipinski definition) is 3. The Kier molecular flexibility index (Phi) is 13.8. The number of carboxylic acids is 1. The van der Waals surface area contributed by atoms with Gasteiger partial charge < -0.3 is 9.84 Å². The van der Waals surface area contributed by atoms with E-state index in [1.165, 1.54) is 12.1 Å². The zero-order valence-corrected chi connectivity index (χ0v) is 17.5. The fourth-order valence-electron chi connectivity index (χ4n) is 2.79. The number of benzene rings is 1. The summed E-state index contributed by atoms with van der Waals surface area (Å²) in [6.07, 6.45) is 22.9. The van der Waals surface area contributed by atoms with E-state index in [2.05, 4.69) is 43.4 Å². The van der Waals surface area contributed by atoms with Crippen LogP contribution in [0.5, 0.6) is 5.75 Å². The van der Waals surface area contributed by atoms with Gasteiger partial charge in [0.1, 0.15) is 11.3 Å². The van der Waals surface area contributed by atoms with Crippen LogP contribution in [0.15, 0.2) is 60.7 Å². The maximum atomic E-state index is 11.9. The minimum absolute atomic E-state index is 0.0118. The zero-order valence-electron chi connectivity index (χ0n) is 17.5. The van der Waals surface area contributed by atoms with Crippen molar-refractivity contribution in [3.8, 4) is 5.75 Å². The van der Waals surface area contributed by atoms with Crippen molar-refractivity contribution < 1.29 is 19.4 Å². The van der Waals surface area contributed by atoms with E-state index in [1.54, 1.807) is 12.1 Å². The molecule has 0 aliphatic heterocycles. The summed E-state index contributed by atoms with van der Waals surface area (Å²) < 4.78 is 5.19. The number of hydrogen-bond donors (Lipinski definition) is 1. The van der Waals surface area contributed by atoms with E-state index in [4.69, 9.17) is 9.84 Å². The first-order chi connectivity index (χ1) is 14.1. The normalized spacial score (nSPS) is 11.6. The van der Waals surface area contributed by atoms with Crippen LogP contribution in [0.3, 0.4) is 0 Å². The molecule has 0 amide bonds. The van der Waals surface area contributed by atoms with Crippen LogP contribution in [0, 0.1) is 0 Å². The van der Waals surface area contributed by atoms with Crippen molar-refractivity contribution in [1.82, 2.24) is 0 Å². The molecular formula is C25H34O4. The van der Waals surface area contributed by atoms with Gasteiger partial charge in [-0.2, -0.15) is 0 Å². The third-order valence-electron chi connectivity index (χ3n) is 4.37. The number of esters is 1. The molecule has 0 fully saturated rings. The Hall–Kier alpha value is -2.62. The molecule has 0 aliphatic carbocycles. The molecule has 1 N–H and O–H groups in total. The van der Waals surface area contributed by atoms with Gasteiger partial charge in [-0.25, -0.2) is 4.79 Å². The van der Waals surface area contributed by atoms with E-state index >= 15 is 0 Å². The van der Waals surface area contributed by atoms with E-state index in [0.717, 1.165) is 57.8 Å². The van der Waals surface area contributed by atoms with E-state index < -0.39 is 5.97 Å². The number of aromatic carboxylic acids is 1. The average Bonchev–Trinajstić information content (AvgIpc) is 2.71. The number of carbonyl (C=O) groups is 2. The highest BCUT2D eigenvalue weighted by atomic mass is 16.5. The first-order valence-corrected chi connectivity index (χ1v) is 10.6. The van der Waals surface area contributed by atoms with Gasteiger partial charge in [0.05, 0.1) is 0 Å². The lowest BCUT2D eigenvalue weighted by Gasteiger charge is -2.07. The van der Waals surface area contributed by atoms with Crippen LogP contribution >= 0.6 is 0 Å². The number of para-hydroxylation sites is 1. The molecule has 4 heteroatoms. The molecule has 0 atom stereocenters. The van der Waals surface area contributed by atoms with Gasteiger partial charge in [-0.1, -0.05) is 74.8 Å². The standard InChI is InChI=1S/C25H34O4/c1-2-3-4-5-6-7-8-9-10-11-12-13-14-15-16-21-24(26)29-23-20-18-17-19-22(23)25(27)28/h3-4,6-7,9-10,17-20H,2,5,8,11-16,21H2,1H3,(H,27,28)/b4-3+,7-6-,10-9-. The van der Waals surface area contributed by atoms with E-state index in [9.17, 15) is 9.59 Å². The Morgan fingerprint density at radius 1 is 0.862 bits per heavy atom. The first-order valence-electron chi connectivity index (χ1n) is 10.6. The summed E-state index contributed by atoms with van der Waals surface area (Å²) in [5, 5.41) is 9.09. The SMILES string of the molecule is CC/C=C/C/C=C\C/C=C\CCCCCCCC(=O)Oc1ccccc1C(=O)O. The molecule has 158 valence electrons. The van der Waals surface area contributed by atoms with E-state index in [1.807, 2.05) is 0 Å². The van der Waals surface area contributed by atoms with Gasteiger partial charge in [0.2, 0.25) is 0 Å². The molecule has 0 aromatic heterocycles. The topological polar surface area (TPSA) is 63.6 Å². The van der Waals surface area contributed by atoms with Crippen LogP contribution < -0.4 is 4.74 Å². The first kappa shape index (κ1) is 24.4. The monoisotopic (exact) mass is 398 g/mol. The minimum Gasteiger partial charge on any atom is -0.478 e. The van der Waals surface area contributed by atoms with Crippen LogP contribution in [-0.2, 0) is 4.79 Å². The summed E-state index contributed by atoms with van der Waals surface area (Å²) >= 11 is 0. The third kappa shape index (κ3) is 12.5. The van der Waals surface area contributed by atoms with Gasteiger partial charge in [0.15, 0.2) is 0 Å². The molecule has 1 rings (SSSR count). The van der Waals surface area contributed by atoms with Crippen LogP contribution in [0.4, 0.5) is 0 Å². The summed E-state index contributed by atoms with van der Waals surface area (Å²) in [6.45, 7) is 2.14. The number of rotatable bonds is 15. The zero-order chi connectivity index (χ0) is 21.2. The summed E-state index contributed by atoms with van der Waals surface area (Å²) in [5.41, 5.74) is 0.0118. The fraction of sp³-hybridized carbons (Fsp3) is 0.440. The molecule has 1 aromatic carbocycles. The van der Waals surface area contributed by atoms with Crippen LogP contribution in [-0.4, -0.2) is 17.0 Å². The second kappa shape index (κ2) is 16.3. The van der Waals surface area contributed by atoms with Gasteiger partial charge in [0.25, 0.3) is 0 Å². The van der Waals surface area contributed by atoms with Crippen molar-refractivity contribution in [3.05, 3.63) is 66.3 Å². The molecule has 0 bridgehead atoms. The Morgan fingerprint density at radius 3 is 2.21 bits per heavy atom. The molecule has 0 spiro atoms. The second-order valence-corrected chi connectivity index (χ2v) is 6.88. The third-order valence-corrected chi connectivity index (χ3v) is 4.37. The van der Waals surface area contributed by atoms with Crippen molar-refractivity contribution in [2.24, 2.45) is 0 Å². The van der Waals surface area contributed by atoms with Crippen molar-refractivity contribution >= 4 is 11.9 Å². The van der Waals surface area contributed by atoms with Crippen molar-refractivity contribution in [1.29, 1.82) is 0 Å². The molecule has 0 heterocycles. The molecule has 0 saturated carbocycles. The smallest absolute Gasteiger partial charge is 0.339 e. The molecule has 4 nitrogen and oxygen atoms in total. The number of ether oxygens (including phenoxy) is 1. The maximum absolute atomic E-state index is 11.9. The van der Waals surface area contributed by atoms with Gasteiger partial charge in [-0.3, -0.25) is 4.79 Å². The van der Waals surface area contributed by atoms with Crippen molar-refractivity contribution in [2.45, 2.75) is 71.1 Å². The Bertz CT molecular complexity index is 686. The van der Waals surface area contributed by atoms with Gasteiger partial charge >= 0.3 is 11.9 Å².